The van der Waals surface area contributed by atoms with Crippen molar-refractivity contribution in [1.82, 2.24) is 19.6 Å². The predicted molar refractivity (Wildman–Crippen MR) is 91.2 cm³/mol. The number of anilines is 2. The number of imidazole rings is 1. The van der Waals surface area contributed by atoms with Crippen LogP contribution in [0.3, 0.4) is 0 Å². The summed E-state index contributed by atoms with van der Waals surface area (Å²) in [5.41, 5.74) is 1.34. The van der Waals surface area contributed by atoms with Gasteiger partial charge in [-0.2, -0.15) is 0 Å². The van der Waals surface area contributed by atoms with Crippen molar-refractivity contribution in [2.45, 2.75) is 13.8 Å². The van der Waals surface area contributed by atoms with Crippen LogP contribution in [0.5, 0.6) is 0 Å². The maximum Gasteiger partial charge on any atom is 0.277 e. The van der Waals surface area contributed by atoms with Crippen molar-refractivity contribution in [2.75, 3.05) is 23.3 Å². The summed E-state index contributed by atoms with van der Waals surface area (Å²) in [5, 5.41) is 7.35. The standard InChI is InChI=1S/C17H18N6O/c1-17(2)10-22(11-17)15-7-6-14-19-9-12(23(14)21-15)16(24)20-13-5-3-4-8-18-13/h3-9H,10-11H2,1-2H3,(H,18,20,24). The molecule has 1 aliphatic rings. The van der Waals surface area contributed by atoms with E-state index in [0.29, 0.717) is 22.6 Å². The van der Waals surface area contributed by atoms with E-state index in [1.807, 2.05) is 18.2 Å². The lowest BCUT2D eigenvalue weighted by Crippen LogP contribution is -2.53. The Bertz CT molecular complexity index is 894. The van der Waals surface area contributed by atoms with Crippen LogP contribution in [0.1, 0.15) is 24.3 Å². The maximum absolute atomic E-state index is 12.5. The van der Waals surface area contributed by atoms with Gasteiger partial charge < -0.3 is 10.2 Å². The first-order valence-corrected chi connectivity index (χ1v) is 7.84. The highest BCUT2D eigenvalue weighted by Crippen LogP contribution is 2.32. The van der Waals surface area contributed by atoms with E-state index < -0.39 is 0 Å². The third-order valence-electron chi connectivity index (χ3n) is 4.05. The molecule has 4 heterocycles. The van der Waals surface area contributed by atoms with Gasteiger partial charge in [0.1, 0.15) is 11.6 Å². The third kappa shape index (κ3) is 2.58. The summed E-state index contributed by atoms with van der Waals surface area (Å²) in [6.45, 7) is 6.36. The van der Waals surface area contributed by atoms with Crippen LogP contribution >= 0.6 is 0 Å². The second-order valence-corrected chi connectivity index (χ2v) is 6.79. The highest BCUT2D eigenvalue weighted by molar-refractivity contribution is 6.02. The van der Waals surface area contributed by atoms with Crippen molar-refractivity contribution >= 4 is 23.2 Å². The van der Waals surface area contributed by atoms with E-state index >= 15 is 0 Å². The average Bonchev–Trinajstić information content (AvgIpc) is 2.96. The lowest BCUT2D eigenvalue weighted by atomic mass is 9.84. The predicted octanol–water partition coefficient (Wildman–Crippen LogP) is 2.22. The molecule has 0 unspecified atom stereocenters. The number of amides is 1. The molecule has 0 aliphatic carbocycles. The van der Waals surface area contributed by atoms with Crippen LogP contribution in [0.4, 0.5) is 11.6 Å². The molecule has 1 amide bonds. The number of nitrogens with one attached hydrogen (secondary N) is 1. The topological polar surface area (TPSA) is 75.4 Å². The molecule has 0 bridgehead atoms. The fourth-order valence-electron chi connectivity index (χ4n) is 2.95. The molecule has 0 radical (unpaired) electrons. The van der Waals surface area contributed by atoms with Gasteiger partial charge in [-0.3, -0.25) is 4.79 Å². The Hall–Kier alpha value is -2.96. The van der Waals surface area contributed by atoms with Gasteiger partial charge in [-0.1, -0.05) is 19.9 Å². The van der Waals surface area contributed by atoms with Gasteiger partial charge in [0, 0.05) is 19.3 Å². The van der Waals surface area contributed by atoms with Gasteiger partial charge in [0.05, 0.1) is 6.20 Å². The Kier molecular flexibility index (Phi) is 3.23. The molecule has 3 aromatic rings. The monoisotopic (exact) mass is 322 g/mol. The molecule has 4 rings (SSSR count). The number of carbonyl (C=O) groups is 1. The average molecular weight is 322 g/mol. The van der Waals surface area contributed by atoms with Crippen LogP contribution in [0.15, 0.2) is 42.7 Å². The molecule has 1 fully saturated rings. The van der Waals surface area contributed by atoms with E-state index in [-0.39, 0.29) is 5.91 Å². The second kappa shape index (κ2) is 5.30. The van der Waals surface area contributed by atoms with E-state index in [1.54, 1.807) is 22.8 Å². The molecule has 24 heavy (non-hydrogen) atoms. The van der Waals surface area contributed by atoms with Crippen LogP contribution in [-0.2, 0) is 0 Å². The fourth-order valence-corrected chi connectivity index (χ4v) is 2.95. The number of pyridine rings is 1. The molecular weight excluding hydrogens is 304 g/mol. The minimum absolute atomic E-state index is 0.283. The maximum atomic E-state index is 12.5. The molecule has 1 aliphatic heterocycles. The summed E-state index contributed by atoms with van der Waals surface area (Å²) in [7, 11) is 0. The third-order valence-corrected chi connectivity index (χ3v) is 4.05. The molecule has 0 aromatic carbocycles. The summed E-state index contributed by atoms with van der Waals surface area (Å²) in [6.07, 6.45) is 3.16. The van der Waals surface area contributed by atoms with E-state index in [2.05, 4.69) is 39.1 Å². The van der Waals surface area contributed by atoms with Crippen molar-refractivity contribution in [2.24, 2.45) is 5.41 Å². The number of nitrogens with zero attached hydrogens (tertiary/aromatic N) is 5. The van der Waals surface area contributed by atoms with Gasteiger partial charge >= 0.3 is 0 Å². The molecular formula is C17H18N6O. The molecule has 1 N–H and O–H groups in total. The smallest absolute Gasteiger partial charge is 0.277 e. The van der Waals surface area contributed by atoms with Crippen molar-refractivity contribution < 1.29 is 4.79 Å². The van der Waals surface area contributed by atoms with Gasteiger partial charge in [0.2, 0.25) is 0 Å². The van der Waals surface area contributed by atoms with Gasteiger partial charge in [-0.25, -0.2) is 14.5 Å². The Balaban J connectivity index is 1.62. The fraction of sp³-hybridized carbons (Fsp3) is 0.294. The summed E-state index contributed by atoms with van der Waals surface area (Å²) in [4.78, 5) is 23.0. The lowest BCUT2D eigenvalue weighted by molar-refractivity contribution is 0.102. The zero-order chi connectivity index (χ0) is 16.7. The normalized spacial score (nSPS) is 16.0. The number of rotatable bonds is 3. The molecule has 7 nitrogen and oxygen atoms in total. The highest BCUT2D eigenvalue weighted by atomic mass is 16.2. The summed E-state index contributed by atoms with van der Waals surface area (Å²) >= 11 is 0. The van der Waals surface area contributed by atoms with Crippen LogP contribution in [-0.4, -0.2) is 38.6 Å². The van der Waals surface area contributed by atoms with Crippen molar-refractivity contribution in [3.63, 3.8) is 0 Å². The van der Waals surface area contributed by atoms with Gasteiger partial charge in [-0.15, -0.1) is 5.10 Å². The molecule has 122 valence electrons. The summed E-state index contributed by atoms with van der Waals surface area (Å²) in [5.74, 6) is 1.07. The first kappa shape index (κ1) is 14.6. The van der Waals surface area contributed by atoms with Crippen LogP contribution < -0.4 is 10.2 Å². The van der Waals surface area contributed by atoms with Crippen LogP contribution in [0.2, 0.25) is 0 Å². The van der Waals surface area contributed by atoms with Crippen molar-refractivity contribution in [3.05, 3.63) is 48.4 Å². The number of fused-ring (bicyclic) bond motifs is 1. The summed E-state index contributed by atoms with van der Waals surface area (Å²) in [6, 6.07) is 9.18. The zero-order valence-corrected chi connectivity index (χ0v) is 13.6. The molecule has 1 saturated heterocycles. The second-order valence-electron chi connectivity index (χ2n) is 6.79. The molecule has 0 saturated carbocycles. The molecule has 0 spiro atoms. The first-order valence-electron chi connectivity index (χ1n) is 7.84. The first-order chi connectivity index (χ1) is 11.5. The van der Waals surface area contributed by atoms with Gasteiger partial charge in [0.25, 0.3) is 5.91 Å². The Labute approximate surface area is 139 Å². The van der Waals surface area contributed by atoms with Crippen LogP contribution in [0.25, 0.3) is 5.65 Å². The molecule has 7 heteroatoms. The van der Waals surface area contributed by atoms with Gasteiger partial charge in [-0.05, 0) is 29.7 Å². The van der Waals surface area contributed by atoms with Gasteiger partial charge in [0.15, 0.2) is 11.3 Å². The minimum Gasteiger partial charge on any atom is -0.354 e. The Morgan fingerprint density at radius 3 is 2.71 bits per heavy atom. The lowest BCUT2D eigenvalue weighted by Gasteiger charge is -2.46. The van der Waals surface area contributed by atoms with Crippen LogP contribution in [0, 0.1) is 5.41 Å². The number of hydrogen-bond acceptors (Lipinski definition) is 5. The quantitative estimate of drug-likeness (QED) is 0.800. The largest absolute Gasteiger partial charge is 0.354 e. The van der Waals surface area contributed by atoms with E-state index in [1.165, 1.54) is 6.20 Å². The Morgan fingerprint density at radius 1 is 1.17 bits per heavy atom. The van der Waals surface area contributed by atoms with E-state index in [4.69, 9.17) is 0 Å². The molecule has 3 aromatic heterocycles. The zero-order valence-electron chi connectivity index (χ0n) is 13.6. The Morgan fingerprint density at radius 2 is 2.00 bits per heavy atom. The number of aromatic nitrogens is 4. The van der Waals surface area contributed by atoms with E-state index in [0.717, 1.165) is 18.9 Å². The highest BCUT2D eigenvalue weighted by Gasteiger charge is 2.35. The van der Waals surface area contributed by atoms with Crippen molar-refractivity contribution in [3.8, 4) is 0 Å². The molecule has 0 atom stereocenters. The van der Waals surface area contributed by atoms with Crippen molar-refractivity contribution in [1.29, 1.82) is 0 Å². The number of carbonyl (C=O) groups excluding carboxylic acids is 1. The number of hydrogen-bond donors (Lipinski definition) is 1. The SMILES string of the molecule is CC1(C)CN(c2ccc3ncc(C(=O)Nc4ccccn4)n3n2)C1. The minimum atomic E-state index is -0.283. The van der Waals surface area contributed by atoms with E-state index in [9.17, 15) is 4.79 Å². The summed E-state index contributed by atoms with van der Waals surface area (Å²) < 4.78 is 1.58.